The minimum Gasteiger partial charge on any atom is -0.322 e. The maximum absolute atomic E-state index is 12.7. The van der Waals surface area contributed by atoms with E-state index in [9.17, 15) is 9.59 Å². The van der Waals surface area contributed by atoms with Crippen LogP contribution in [-0.4, -0.2) is 17.6 Å². The molecule has 4 rings (SSSR count). The first-order chi connectivity index (χ1) is 14.4. The molecule has 1 heterocycles. The van der Waals surface area contributed by atoms with E-state index in [0.717, 1.165) is 21.3 Å². The summed E-state index contributed by atoms with van der Waals surface area (Å²) >= 11 is 5.00. The lowest BCUT2D eigenvalue weighted by molar-refractivity contribution is -0.115. The Balaban J connectivity index is 1.61. The monoisotopic (exact) mass is 480 g/mol. The van der Waals surface area contributed by atoms with Gasteiger partial charge >= 0.3 is 0 Å². The van der Waals surface area contributed by atoms with Gasteiger partial charge in [-0.15, -0.1) is 11.8 Å². The van der Waals surface area contributed by atoms with Crippen LogP contribution in [0.5, 0.6) is 0 Å². The van der Waals surface area contributed by atoms with Crippen LogP contribution < -0.4 is 10.2 Å². The maximum atomic E-state index is 12.7. The summed E-state index contributed by atoms with van der Waals surface area (Å²) in [6, 6.07) is 21.1. The van der Waals surface area contributed by atoms with Crippen molar-refractivity contribution in [3.8, 4) is 0 Å². The predicted molar refractivity (Wildman–Crippen MR) is 127 cm³/mol. The van der Waals surface area contributed by atoms with Crippen LogP contribution in [0.25, 0.3) is 0 Å². The van der Waals surface area contributed by atoms with Crippen molar-refractivity contribution < 1.29 is 9.59 Å². The number of halogens is 1. The summed E-state index contributed by atoms with van der Waals surface area (Å²) in [7, 11) is 0. The van der Waals surface area contributed by atoms with Gasteiger partial charge in [0, 0.05) is 21.4 Å². The number of thioether (sulfide) groups is 1. The van der Waals surface area contributed by atoms with Crippen molar-refractivity contribution in [1.82, 2.24) is 0 Å². The van der Waals surface area contributed by atoms with Gasteiger partial charge in [-0.05, 0) is 61.4 Å². The average molecular weight is 481 g/mol. The summed E-state index contributed by atoms with van der Waals surface area (Å²) in [5.74, 6) is 0.363. The van der Waals surface area contributed by atoms with Crippen LogP contribution in [-0.2, 0) is 4.79 Å². The van der Waals surface area contributed by atoms with E-state index in [1.165, 1.54) is 5.56 Å². The lowest BCUT2D eigenvalue weighted by Gasteiger charge is -2.26. The van der Waals surface area contributed by atoms with Gasteiger partial charge in [-0.2, -0.15) is 0 Å². The topological polar surface area (TPSA) is 49.4 Å². The Morgan fingerprint density at radius 1 is 1.07 bits per heavy atom. The minimum absolute atomic E-state index is 0.0977. The summed E-state index contributed by atoms with van der Waals surface area (Å²) in [4.78, 5) is 27.2. The lowest BCUT2D eigenvalue weighted by Crippen LogP contribution is -2.28. The van der Waals surface area contributed by atoms with E-state index in [0.29, 0.717) is 17.0 Å². The van der Waals surface area contributed by atoms with Crippen molar-refractivity contribution >= 4 is 50.9 Å². The van der Waals surface area contributed by atoms with Crippen LogP contribution >= 0.6 is 27.7 Å². The second kappa shape index (κ2) is 8.66. The maximum Gasteiger partial charge on any atom is 0.255 e. The molecule has 6 heteroatoms. The van der Waals surface area contributed by atoms with Crippen molar-refractivity contribution in [2.75, 3.05) is 16.0 Å². The zero-order valence-electron chi connectivity index (χ0n) is 16.7. The second-order valence-electron chi connectivity index (χ2n) is 7.31. The Labute approximate surface area is 188 Å². The van der Waals surface area contributed by atoms with Crippen LogP contribution in [0.15, 0.2) is 71.2 Å². The molecule has 0 bridgehead atoms. The van der Waals surface area contributed by atoms with Gasteiger partial charge in [0.25, 0.3) is 5.91 Å². The number of carbonyl (C=O) groups is 2. The van der Waals surface area contributed by atoms with E-state index < -0.39 is 0 Å². The number of hydrogen-bond acceptors (Lipinski definition) is 3. The number of rotatable bonds is 4. The van der Waals surface area contributed by atoms with Crippen molar-refractivity contribution in [3.05, 3.63) is 93.5 Å². The first kappa shape index (κ1) is 20.7. The first-order valence-corrected chi connectivity index (χ1v) is 11.4. The van der Waals surface area contributed by atoms with Crippen LogP contribution in [0.2, 0.25) is 0 Å². The standard InChI is InChI=1S/C24H21BrN2O2S/c1-15-9-10-21(16(2)11-15)27-22(28)14-30-24(27)18-6-4-8-20(13-18)26-23(29)17-5-3-7-19(25)12-17/h3-13,24H,14H2,1-2H3,(H,26,29). The molecule has 1 saturated heterocycles. The lowest BCUT2D eigenvalue weighted by atomic mass is 10.1. The Morgan fingerprint density at radius 3 is 2.63 bits per heavy atom. The number of hydrogen-bond donors (Lipinski definition) is 1. The number of nitrogens with zero attached hydrogens (tertiary/aromatic N) is 1. The van der Waals surface area contributed by atoms with Gasteiger partial charge in [0.05, 0.1) is 5.75 Å². The quantitative estimate of drug-likeness (QED) is 0.490. The van der Waals surface area contributed by atoms with E-state index in [1.54, 1.807) is 23.9 Å². The Morgan fingerprint density at radius 2 is 1.87 bits per heavy atom. The fourth-order valence-corrected chi connectivity index (χ4v) is 5.17. The third-order valence-electron chi connectivity index (χ3n) is 5.00. The Kier molecular flexibility index (Phi) is 5.97. The molecule has 0 aromatic heterocycles. The molecule has 0 radical (unpaired) electrons. The average Bonchev–Trinajstić information content (AvgIpc) is 3.09. The van der Waals surface area contributed by atoms with Crippen LogP contribution in [0.1, 0.15) is 32.4 Å². The second-order valence-corrected chi connectivity index (χ2v) is 9.29. The number of carbonyl (C=O) groups excluding carboxylic acids is 2. The Hall–Kier alpha value is -2.57. The van der Waals surface area contributed by atoms with Gasteiger partial charge in [0.2, 0.25) is 5.91 Å². The first-order valence-electron chi connectivity index (χ1n) is 9.60. The summed E-state index contributed by atoms with van der Waals surface area (Å²) in [5, 5.41) is 2.84. The summed E-state index contributed by atoms with van der Waals surface area (Å²) in [6.45, 7) is 4.08. The largest absolute Gasteiger partial charge is 0.322 e. The number of amides is 2. The summed E-state index contributed by atoms with van der Waals surface area (Å²) in [5.41, 5.74) is 5.46. The van der Waals surface area contributed by atoms with Crippen molar-refractivity contribution in [1.29, 1.82) is 0 Å². The molecule has 152 valence electrons. The molecule has 30 heavy (non-hydrogen) atoms. The molecule has 2 amide bonds. The fraction of sp³-hybridized carbons (Fsp3) is 0.167. The molecule has 1 unspecified atom stereocenters. The van der Waals surface area contributed by atoms with E-state index in [2.05, 4.69) is 27.3 Å². The number of benzene rings is 3. The van der Waals surface area contributed by atoms with Crippen LogP contribution in [0, 0.1) is 13.8 Å². The Bertz CT molecular complexity index is 1130. The third-order valence-corrected chi connectivity index (χ3v) is 6.70. The van der Waals surface area contributed by atoms with E-state index >= 15 is 0 Å². The molecular weight excluding hydrogens is 460 g/mol. The van der Waals surface area contributed by atoms with Gasteiger partial charge in [-0.25, -0.2) is 0 Å². The van der Waals surface area contributed by atoms with Gasteiger partial charge in [-0.1, -0.05) is 51.8 Å². The molecule has 0 saturated carbocycles. The number of aryl methyl sites for hydroxylation is 2. The normalized spacial score (nSPS) is 16.0. The fourth-order valence-electron chi connectivity index (χ4n) is 3.61. The molecule has 3 aromatic carbocycles. The van der Waals surface area contributed by atoms with E-state index in [4.69, 9.17) is 0 Å². The van der Waals surface area contributed by atoms with Gasteiger partial charge in [-0.3, -0.25) is 14.5 Å². The zero-order valence-corrected chi connectivity index (χ0v) is 19.1. The summed E-state index contributed by atoms with van der Waals surface area (Å²) in [6.07, 6.45) is 0. The van der Waals surface area contributed by atoms with E-state index in [-0.39, 0.29) is 17.2 Å². The van der Waals surface area contributed by atoms with Gasteiger partial charge < -0.3 is 5.32 Å². The molecule has 0 spiro atoms. The molecule has 1 aliphatic heterocycles. The molecule has 1 N–H and O–H groups in total. The number of anilines is 2. The van der Waals surface area contributed by atoms with E-state index in [1.807, 2.05) is 67.3 Å². The molecule has 0 aliphatic carbocycles. The van der Waals surface area contributed by atoms with Gasteiger partial charge in [0.1, 0.15) is 5.37 Å². The molecular formula is C24H21BrN2O2S. The molecule has 1 aliphatic rings. The number of nitrogens with one attached hydrogen (secondary N) is 1. The highest BCUT2D eigenvalue weighted by molar-refractivity contribution is 9.10. The molecule has 3 aromatic rings. The smallest absolute Gasteiger partial charge is 0.255 e. The highest BCUT2D eigenvalue weighted by Crippen LogP contribution is 2.43. The SMILES string of the molecule is Cc1ccc(N2C(=O)CSC2c2cccc(NC(=O)c3cccc(Br)c3)c2)c(C)c1. The molecule has 1 fully saturated rings. The molecule has 4 nitrogen and oxygen atoms in total. The van der Waals surface area contributed by atoms with Crippen LogP contribution in [0.4, 0.5) is 11.4 Å². The highest BCUT2D eigenvalue weighted by Gasteiger charge is 2.34. The summed E-state index contributed by atoms with van der Waals surface area (Å²) < 4.78 is 0.855. The van der Waals surface area contributed by atoms with Crippen molar-refractivity contribution in [3.63, 3.8) is 0 Å². The minimum atomic E-state index is -0.171. The third kappa shape index (κ3) is 4.30. The zero-order chi connectivity index (χ0) is 21.3. The van der Waals surface area contributed by atoms with Crippen molar-refractivity contribution in [2.24, 2.45) is 0 Å². The van der Waals surface area contributed by atoms with Crippen molar-refractivity contribution in [2.45, 2.75) is 19.2 Å². The predicted octanol–water partition coefficient (Wildman–Crippen LogP) is 6.10. The van der Waals surface area contributed by atoms with Gasteiger partial charge in [0.15, 0.2) is 0 Å². The highest BCUT2D eigenvalue weighted by atomic mass is 79.9. The van der Waals surface area contributed by atoms with Crippen LogP contribution in [0.3, 0.4) is 0 Å². The molecule has 1 atom stereocenters.